The fraction of sp³-hybridized carbons (Fsp3) is 0.263. The average Bonchev–Trinajstić information content (AvgIpc) is 2.93. The van der Waals surface area contributed by atoms with E-state index in [4.69, 9.17) is 4.98 Å². The van der Waals surface area contributed by atoms with E-state index in [2.05, 4.69) is 57.9 Å². The van der Waals surface area contributed by atoms with Gasteiger partial charge in [-0.25, -0.2) is 4.98 Å². The highest BCUT2D eigenvalue weighted by atomic mass is 15.2. The van der Waals surface area contributed by atoms with Gasteiger partial charge >= 0.3 is 0 Å². The molecule has 4 nitrogen and oxygen atoms in total. The first kappa shape index (κ1) is 14.2. The van der Waals surface area contributed by atoms with Crippen LogP contribution < -0.4 is 0 Å². The number of hydrogen-bond acceptors (Lipinski definition) is 3. The lowest BCUT2D eigenvalue weighted by Crippen LogP contribution is -2.31. The van der Waals surface area contributed by atoms with Crippen LogP contribution >= 0.6 is 0 Å². The second-order valence-corrected chi connectivity index (χ2v) is 6.04. The summed E-state index contributed by atoms with van der Waals surface area (Å²) in [5, 5.41) is 0. The fourth-order valence-electron chi connectivity index (χ4n) is 3.24. The highest BCUT2D eigenvalue weighted by Gasteiger charge is 2.23. The van der Waals surface area contributed by atoms with Crippen molar-refractivity contribution in [2.45, 2.75) is 19.5 Å². The lowest BCUT2D eigenvalue weighted by molar-refractivity contribution is 0.235. The van der Waals surface area contributed by atoms with Gasteiger partial charge in [0, 0.05) is 44.9 Å². The highest BCUT2D eigenvalue weighted by molar-refractivity contribution is 5.56. The molecule has 0 saturated carbocycles. The van der Waals surface area contributed by atoms with Crippen LogP contribution in [0.2, 0.25) is 0 Å². The van der Waals surface area contributed by atoms with E-state index < -0.39 is 0 Å². The second kappa shape index (κ2) is 5.97. The Morgan fingerprint density at radius 2 is 1.87 bits per heavy atom. The Kier molecular flexibility index (Phi) is 3.67. The van der Waals surface area contributed by atoms with Crippen LogP contribution in [0.4, 0.5) is 0 Å². The molecule has 0 amide bonds. The average molecular weight is 304 g/mol. The number of aromatic nitrogens is 3. The van der Waals surface area contributed by atoms with Gasteiger partial charge in [0.15, 0.2) is 0 Å². The number of imidazole rings is 1. The molecule has 0 spiro atoms. The summed E-state index contributed by atoms with van der Waals surface area (Å²) >= 11 is 0. The van der Waals surface area contributed by atoms with E-state index in [-0.39, 0.29) is 0 Å². The molecule has 4 heteroatoms. The summed E-state index contributed by atoms with van der Waals surface area (Å²) in [6.07, 6.45) is 2.87. The van der Waals surface area contributed by atoms with Crippen molar-refractivity contribution in [3.05, 3.63) is 71.8 Å². The summed E-state index contributed by atoms with van der Waals surface area (Å²) in [4.78, 5) is 11.8. The summed E-state index contributed by atoms with van der Waals surface area (Å²) in [6.45, 7) is 2.86. The van der Waals surface area contributed by atoms with Gasteiger partial charge in [0.05, 0.1) is 17.1 Å². The van der Waals surface area contributed by atoms with Crippen LogP contribution in [-0.2, 0) is 26.6 Å². The maximum atomic E-state index is 4.88. The van der Waals surface area contributed by atoms with E-state index in [9.17, 15) is 0 Å². The Morgan fingerprint density at radius 3 is 2.65 bits per heavy atom. The molecule has 0 N–H and O–H groups in total. The third kappa shape index (κ3) is 2.78. The van der Waals surface area contributed by atoms with E-state index in [0.717, 1.165) is 37.6 Å². The number of benzene rings is 1. The Bertz CT molecular complexity index is 793. The molecule has 3 heterocycles. The molecule has 1 aliphatic rings. The van der Waals surface area contributed by atoms with Crippen LogP contribution in [0.5, 0.6) is 0 Å². The van der Waals surface area contributed by atoms with Crippen LogP contribution in [0, 0.1) is 0 Å². The number of pyridine rings is 1. The minimum atomic E-state index is 0.895. The zero-order chi connectivity index (χ0) is 15.6. The van der Waals surface area contributed by atoms with Gasteiger partial charge in [0.25, 0.3) is 0 Å². The first-order chi connectivity index (χ1) is 11.3. The van der Waals surface area contributed by atoms with Gasteiger partial charge in [-0.1, -0.05) is 36.4 Å². The molecule has 4 rings (SSSR count). The molecular weight excluding hydrogens is 284 g/mol. The van der Waals surface area contributed by atoms with Crippen molar-refractivity contribution in [3.63, 3.8) is 0 Å². The smallest absolute Gasteiger partial charge is 0.140 e. The van der Waals surface area contributed by atoms with Crippen LogP contribution in [0.15, 0.2) is 54.7 Å². The molecule has 0 radical (unpaired) electrons. The largest absolute Gasteiger partial charge is 0.330 e. The Balaban J connectivity index is 1.59. The summed E-state index contributed by atoms with van der Waals surface area (Å²) in [7, 11) is 2.12. The summed E-state index contributed by atoms with van der Waals surface area (Å²) < 4.78 is 2.25. The number of nitrogens with zero attached hydrogens (tertiary/aromatic N) is 4. The summed E-state index contributed by atoms with van der Waals surface area (Å²) in [5.41, 5.74) is 4.87. The van der Waals surface area contributed by atoms with Crippen molar-refractivity contribution in [1.82, 2.24) is 19.4 Å². The fourth-order valence-corrected chi connectivity index (χ4v) is 3.24. The molecule has 116 valence electrons. The molecule has 1 aliphatic heterocycles. The summed E-state index contributed by atoms with van der Waals surface area (Å²) in [5.74, 6) is 1.07. The maximum Gasteiger partial charge on any atom is 0.140 e. The topological polar surface area (TPSA) is 34.0 Å². The minimum Gasteiger partial charge on any atom is -0.330 e. The van der Waals surface area contributed by atoms with Crippen LogP contribution in [0.25, 0.3) is 11.4 Å². The normalized spacial score (nSPS) is 14.7. The standard InChI is InChI=1S/C19H20N4/c1-22-18-14-23(13-16-9-5-6-11-20-16)12-10-17(18)21-19(22)15-7-3-2-4-8-15/h2-9,11H,10,12-14H2,1H3. The minimum absolute atomic E-state index is 0.895. The Hall–Kier alpha value is -2.46. The Morgan fingerprint density at radius 1 is 1.04 bits per heavy atom. The van der Waals surface area contributed by atoms with Crippen molar-refractivity contribution in [2.75, 3.05) is 6.54 Å². The lowest BCUT2D eigenvalue weighted by atomic mass is 10.1. The third-order valence-electron chi connectivity index (χ3n) is 4.48. The quantitative estimate of drug-likeness (QED) is 0.746. The van der Waals surface area contributed by atoms with Gasteiger partial charge in [-0.2, -0.15) is 0 Å². The van der Waals surface area contributed by atoms with Gasteiger partial charge in [-0.3, -0.25) is 9.88 Å². The molecule has 0 aliphatic carbocycles. The van der Waals surface area contributed by atoms with Crippen LogP contribution in [-0.4, -0.2) is 26.0 Å². The molecule has 3 aromatic rings. The van der Waals surface area contributed by atoms with Gasteiger partial charge < -0.3 is 4.57 Å². The number of hydrogen-bond donors (Lipinski definition) is 0. The van der Waals surface area contributed by atoms with Crippen molar-refractivity contribution in [3.8, 4) is 11.4 Å². The van der Waals surface area contributed by atoms with Crippen LogP contribution in [0.3, 0.4) is 0 Å². The molecule has 0 fully saturated rings. The first-order valence-electron chi connectivity index (χ1n) is 8.03. The maximum absolute atomic E-state index is 4.88. The summed E-state index contributed by atoms with van der Waals surface area (Å²) in [6, 6.07) is 16.5. The van der Waals surface area contributed by atoms with E-state index in [1.807, 2.05) is 18.3 Å². The predicted molar refractivity (Wildman–Crippen MR) is 90.7 cm³/mol. The molecular formula is C19H20N4. The number of rotatable bonds is 3. The zero-order valence-electron chi connectivity index (χ0n) is 13.3. The van der Waals surface area contributed by atoms with Gasteiger partial charge in [-0.15, -0.1) is 0 Å². The van der Waals surface area contributed by atoms with Crippen LogP contribution in [0.1, 0.15) is 17.1 Å². The van der Waals surface area contributed by atoms with E-state index in [0.29, 0.717) is 0 Å². The predicted octanol–water partition coefficient (Wildman–Crippen LogP) is 3.04. The van der Waals surface area contributed by atoms with Crippen molar-refractivity contribution < 1.29 is 0 Å². The third-order valence-corrected chi connectivity index (χ3v) is 4.48. The lowest BCUT2D eigenvalue weighted by Gasteiger charge is -2.26. The van der Waals surface area contributed by atoms with E-state index in [1.165, 1.54) is 17.0 Å². The van der Waals surface area contributed by atoms with Gasteiger partial charge in [-0.05, 0) is 12.1 Å². The Labute approximate surface area is 136 Å². The zero-order valence-corrected chi connectivity index (χ0v) is 13.3. The molecule has 0 atom stereocenters. The van der Waals surface area contributed by atoms with Crippen molar-refractivity contribution in [2.24, 2.45) is 7.05 Å². The van der Waals surface area contributed by atoms with Crippen molar-refractivity contribution in [1.29, 1.82) is 0 Å². The molecule has 0 bridgehead atoms. The van der Waals surface area contributed by atoms with Gasteiger partial charge in [0.1, 0.15) is 5.82 Å². The monoisotopic (exact) mass is 304 g/mol. The highest BCUT2D eigenvalue weighted by Crippen LogP contribution is 2.26. The van der Waals surface area contributed by atoms with Crippen molar-refractivity contribution >= 4 is 0 Å². The number of fused-ring (bicyclic) bond motifs is 1. The van der Waals surface area contributed by atoms with E-state index >= 15 is 0 Å². The molecule has 0 saturated heterocycles. The second-order valence-electron chi connectivity index (χ2n) is 6.04. The first-order valence-corrected chi connectivity index (χ1v) is 8.03. The molecule has 0 unspecified atom stereocenters. The molecule has 23 heavy (non-hydrogen) atoms. The molecule has 2 aromatic heterocycles. The van der Waals surface area contributed by atoms with E-state index in [1.54, 1.807) is 0 Å². The molecule has 1 aromatic carbocycles. The van der Waals surface area contributed by atoms with Gasteiger partial charge in [0.2, 0.25) is 0 Å². The SMILES string of the molecule is Cn1c(-c2ccccc2)nc2c1CN(Cc1ccccn1)CC2.